The molecule has 0 amide bonds. The predicted molar refractivity (Wildman–Crippen MR) is 69.8 cm³/mol. The van der Waals surface area contributed by atoms with Crippen molar-refractivity contribution in [1.29, 1.82) is 5.41 Å². The number of nitrogens with two attached hydrogens (primary N) is 1. The van der Waals surface area contributed by atoms with Crippen molar-refractivity contribution in [2.24, 2.45) is 5.73 Å². The Kier molecular flexibility index (Phi) is 3.73. The summed E-state index contributed by atoms with van der Waals surface area (Å²) in [6.45, 7) is 1.90. The van der Waals surface area contributed by atoms with E-state index in [1.165, 1.54) is 0 Å². The Hall–Kier alpha value is -1.32. The Labute approximate surface area is 105 Å². The summed E-state index contributed by atoms with van der Waals surface area (Å²) in [4.78, 5) is 4.30. The number of fused-ring (bicyclic) bond motifs is 1. The Morgan fingerprint density at radius 3 is 2.56 bits per heavy atom. The molecule has 1 heterocycles. The number of halogens is 2. The molecule has 3 N–H and O–H groups in total. The zero-order chi connectivity index (χ0) is 11.0. The van der Waals surface area contributed by atoms with Gasteiger partial charge in [0, 0.05) is 10.4 Å². The van der Waals surface area contributed by atoms with Gasteiger partial charge >= 0.3 is 0 Å². The number of benzene rings is 1. The summed E-state index contributed by atoms with van der Waals surface area (Å²) in [5.41, 5.74) is 7.58. The lowest BCUT2D eigenvalue weighted by Crippen LogP contribution is -2.13. The lowest BCUT2D eigenvalue weighted by atomic mass is 10.1. The maximum absolute atomic E-state index is 7.32. The molecule has 0 radical (unpaired) electrons. The van der Waals surface area contributed by atoms with Gasteiger partial charge in [0.25, 0.3) is 0 Å². The van der Waals surface area contributed by atoms with Crippen molar-refractivity contribution < 1.29 is 0 Å². The molecule has 5 heteroatoms. The molecular weight excluding hydrogens is 245 g/mol. The van der Waals surface area contributed by atoms with Crippen molar-refractivity contribution in [3.8, 4) is 0 Å². The maximum Gasteiger partial charge on any atom is 0.141 e. The van der Waals surface area contributed by atoms with Crippen LogP contribution in [0.4, 0.5) is 0 Å². The van der Waals surface area contributed by atoms with Gasteiger partial charge in [-0.3, -0.25) is 5.41 Å². The lowest BCUT2D eigenvalue weighted by Gasteiger charge is -2.05. The monoisotopic (exact) mass is 255 g/mol. The number of rotatable bonds is 1. The van der Waals surface area contributed by atoms with Gasteiger partial charge in [-0.05, 0) is 24.6 Å². The largest absolute Gasteiger partial charge is 0.382 e. The van der Waals surface area contributed by atoms with Crippen LogP contribution >= 0.6 is 24.0 Å². The number of amidine groups is 1. The van der Waals surface area contributed by atoms with Crippen molar-refractivity contribution in [1.82, 2.24) is 4.98 Å². The predicted octanol–water partition coefficient (Wildman–Crippen LogP) is 2.90. The van der Waals surface area contributed by atoms with E-state index in [0.29, 0.717) is 10.7 Å². The first-order valence-corrected chi connectivity index (χ1v) is 4.87. The maximum atomic E-state index is 7.32. The molecule has 0 aliphatic carbocycles. The first-order chi connectivity index (χ1) is 7.09. The van der Waals surface area contributed by atoms with E-state index in [1.54, 1.807) is 6.07 Å². The second-order valence-corrected chi connectivity index (χ2v) is 3.76. The van der Waals surface area contributed by atoms with Gasteiger partial charge in [-0.1, -0.05) is 23.7 Å². The minimum atomic E-state index is -0.0312. The van der Waals surface area contributed by atoms with E-state index in [2.05, 4.69) is 4.98 Å². The molecule has 0 fully saturated rings. The topological polar surface area (TPSA) is 62.8 Å². The first-order valence-electron chi connectivity index (χ1n) is 4.50. The van der Waals surface area contributed by atoms with Gasteiger partial charge < -0.3 is 5.73 Å². The molecule has 2 aromatic rings. The fraction of sp³-hybridized carbons (Fsp3) is 0.0909. The minimum absolute atomic E-state index is 0. The fourth-order valence-electron chi connectivity index (χ4n) is 1.46. The fourth-order valence-corrected chi connectivity index (χ4v) is 1.61. The van der Waals surface area contributed by atoms with E-state index in [-0.39, 0.29) is 18.2 Å². The molecule has 0 aliphatic rings. The third-order valence-corrected chi connectivity index (χ3v) is 2.73. The molecule has 2 rings (SSSR count). The summed E-state index contributed by atoms with van der Waals surface area (Å²) in [5, 5.41) is 9.00. The molecule has 1 aromatic carbocycles. The van der Waals surface area contributed by atoms with Gasteiger partial charge in [0.2, 0.25) is 0 Å². The van der Waals surface area contributed by atoms with Gasteiger partial charge in [0.1, 0.15) is 11.5 Å². The summed E-state index contributed by atoms with van der Waals surface area (Å²) >= 11 is 5.99. The molecule has 1 aromatic heterocycles. The molecule has 0 bridgehead atoms. The Balaban J connectivity index is 0.00000128. The number of nitrogens with one attached hydrogen (secondary N) is 1. The van der Waals surface area contributed by atoms with Crippen molar-refractivity contribution >= 4 is 40.7 Å². The van der Waals surface area contributed by atoms with E-state index in [9.17, 15) is 0 Å². The van der Waals surface area contributed by atoms with Gasteiger partial charge in [0.15, 0.2) is 0 Å². The molecule has 0 atom stereocenters. The van der Waals surface area contributed by atoms with Crippen molar-refractivity contribution in [2.45, 2.75) is 6.92 Å². The third-order valence-electron chi connectivity index (χ3n) is 2.33. The smallest absolute Gasteiger partial charge is 0.141 e. The molecule has 0 spiro atoms. The number of nitrogen functional groups attached to an aromatic ring is 1. The molecule has 0 saturated carbocycles. The molecule has 0 aliphatic heterocycles. The SMILES string of the molecule is Cc1c(Cl)ccc2ccc(C(=N)N)nc12.Cl. The van der Waals surface area contributed by atoms with Crippen LogP contribution in [0, 0.1) is 12.3 Å². The summed E-state index contributed by atoms with van der Waals surface area (Å²) < 4.78 is 0. The van der Waals surface area contributed by atoms with E-state index in [0.717, 1.165) is 16.5 Å². The van der Waals surface area contributed by atoms with Crippen molar-refractivity contribution in [2.75, 3.05) is 0 Å². The molecular formula is C11H11Cl2N3. The van der Waals surface area contributed by atoms with Crippen molar-refractivity contribution in [3.05, 3.63) is 40.5 Å². The summed E-state index contributed by atoms with van der Waals surface area (Å²) in [6, 6.07) is 7.37. The zero-order valence-electron chi connectivity index (χ0n) is 8.62. The van der Waals surface area contributed by atoms with Gasteiger partial charge in [0.05, 0.1) is 5.52 Å². The molecule has 0 unspecified atom stereocenters. The van der Waals surface area contributed by atoms with E-state index in [1.807, 2.05) is 25.1 Å². The highest BCUT2D eigenvalue weighted by Crippen LogP contribution is 2.23. The van der Waals surface area contributed by atoms with Crippen LogP contribution in [-0.4, -0.2) is 10.8 Å². The molecule has 3 nitrogen and oxygen atoms in total. The summed E-state index contributed by atoms with van der Waals surface area (Å²) in [6.07, 6.45) is 0. The highest BCUT2D eigenvalue weighted by Gasteiger charge is 2.05. The number of aryl methyl sites for hydroxylation is 1. The number of hydrogen-bond donors (Lipinski definition) is 2. The van der Waals surface area contributed by atoms with E-state index < -0.39 is 0 Å². The van der Waals surface area contributed by atoms with Crippen LogP contribution in [0.3, 0.4) is 0 Å². The van der Waals surface area contributed by atoms with Crippen LogP contribution in [0.1, 0.15) is 11.3 Å². The Bertz CT molecular complexity index is 552. The van der Waals surface area contributed by atoms with E-state index in [4.69, 9.17) is 22.7 Å². The molecule has 16 heavy (non-hydrogen) atoms. The average molecular weight is 256 g/mol. The Morgan fingerprint density at radius 2 is 1.94 bits per heavy atom. The third kappa shape index (κ3) is 2.10. The normalized spacial score (nSPS) is 9.88. The van der Waals surface area contributed by atoms with Crippen molar-refractivity contribution in [3.63, 3.8) is 0 Å². The van der Waals surface area contributed by atoms with Crippen LogP contribution in [0.15, 0.2) is 24.3 Å². The summed E-state index contributed by atoms with van der Waals surface area (Å²) in [5.74, 6) is -0.0312. The lowest BCUT2D eigenvalue weighted by molar-refractivity contribution is 1.29. The zero-order valence-corrected chi connectivity index (χ0v) is 10.2. The highest BCUT2D eigenvalue weighted by atomic mass is 35.5. The van der Waals surface area contributed by atoms with Crippen LogP contribution in [-0.2, 0) is 0 Å². The average Bonchev–Trinajstić information content (AvgIpc) is 2.23. The molecule has 0 saturated heterocycles. The van der Waals surface area contributed by atoms with Gasteiger partial charge in [-0.25, -0.2) is 4.98 Å². The van der Waals surface area contributed by atoms with Crippen LogP contribution < -0.4 is 5.73 Å². The quantitative estimate of drug-likeness (QED) is 0.608. The second-order valence-electron chi connectivity index (χ2n) is 3.35. The number of pyridine rings is 1. The van der Waals surface area contributed by atoms with Crippen LogP contribution in [0.2, 0.25) is 5.02 Å². The van der Waals surface area contributed by atoms with Gasteiger partial charge in [-0.2, -0.15) is 0 Å². The van der Waals surface area contributed by atoms with Gasteiger partial charge in [-0.15, -0.1) is 12.4 Å². The van der Waals surface area contributed by atoms with Crippen LogP contribution in [0.25, 0.3) is 10.9 Å². The second kappa shape index (κ2) is 4.68. The number of aromatic nitrogens is 1. The number of nitrogens with zero attached hydrogens (tertiary/aromatic N) is 1. The van der Waals surface area contributed by atoms with E-state index >= 15 is 0 Å². The summed E-state index contributed by atoms with van der Waals surface area (Å²) in [7, 11) is 0. The standard InChI is InChI=1S/C11H10ClN3.ClH/c1-6-8(12)4-2-7-3-5-9(11(13)14)15-10(6)7;/h2-5H,1H3,(H3,13,14);1H. The number of hydrogen-bond acceptors (Lipinski definition) is 2. The molecule has 84 valence electrons. The Morgan fingerprint density at radius 1 is 1.31 bits per heavy atom. The minimum Gasteiger partial charge on any atom is -0.382 e. The van der Waals surface area contributed by atoms with Crippen LogP contribution in [0.5, 0.6) is 0 Å². The first kappa shape index (κ1) is 12.7. The highest BCUT2D eigenvalue weighted by molar-refractivity contribution is 6.32.